The molecule has 1 aliphatic heterocycles. The van der Waals surface area contributed by atoms with Crippen LogP contribution in [0.15, 0.2) is 35.7 Å². The monoisotopic (exact) mass is 396 g/mol. The van der Waals surface area contributed by atoms with Crippen molar-refractivity contribution in [2.75, 3.05) is 13.2 Å². The number of benzene rings is 1. The molecule has 6 nitrogen and oxygen atoms in total. The maximum Gasteiger partial charge on any atom is 0.325 e. The number of carbonyl (C=O) groups is 2. The molecule has 0 saturated carbocycles. The zero-order valence-corrected chi connectivity index (χ0v) is 15.3. The highest BCUT2D eigenvalue weighted by Gasteiger charge is 2.50. The number of hydrogen-bond acceptors (Lipinski definition) is 5. The summed E-state index contributed by atoms with van der Waals surface area (Å²) in [5.41, 5.74) is -2.02. The van der Waals surface area contributed by atoms with E-state index in [0.717, 1.165) is 28.0 Å². The second-order valence-corrected chi connectivity index (χ2v) is 7.38. The minimum Gasteiger partial charge on any atom is -0.389 e. The van der Waals surface area contributed by atoms with Crippen LogP contribution in [-0.2, 0) is 21.7 Å². The fraction of sp³-hybridized carbons (Fsp3) is 0.333. The van der Waals surface area contributed by atoms with Gasteiger partial charge in [-0.15, -0.1) is 11.3 Å². The lowest BCUT2D eigenvalue weighted by Gasteiger charge is -2.23. The lowest BCUT2D eigenvalue weighted by Crippen LogP contribution is -2.43. The number of hydrogen-bond donors (Lipinski definition) is 2. The number of β-amino-alcohol motifs (C(OH)–C–C–N with tert-alkyl or cyclic N) is 1. The van der Waals surface area contributed by atoms with E-state index in [1.54, 1.807) is 0 Å². The van der Waals surface area contributed by atoms with Crippen molar-refractivity contribution < 1.29 is 28.2 Å². The largest absolute Gasteiger partial charge is 0.389 e. The van der Waals surface area contributed by atoms with Crippen LogP contribution in [0, 0.1) is 11.6 Å². The minimum atomic E-state index is -1.75. The maximum atomic E-state index is 14.1. The van der Waals surface area contributed by atoms with E-state index in [1.165, 1.54) is 18.3 Å². The Labute approximate surface area is 158 Å². The molecule has 9 heteroatoms. The van der Waals surface area contributed by atoms with Crippen LogP contribution in [-0.4, -0.2) is 41.2 Å². The van der Waals surface area contributed by atoms with Crippen LogP contribution in [0.3, 0.4) is 0 Å². The van der Waals surface area contributed by atoms with Gasteiger partial charge in [-0.25, -0.2) is 13.6 Å². The Balaban J connectivity index is 1.65. The Kier molecular flexibility index (Phi) is 5.54. The van der Waals surface area contributed by atoms with E-state index in [2.05, 4.69) is 5.32 Å². The van der Waals surface area contributed by atoms with Gasteiger partial charge < -0.3 is 15.2 Å². The van der Waals surface area contributed by atoms with E-state index in [1.807, 2.05) is 17.5 Å². The van der Waals surface area contributed by atoms with Gasteiger partial charge >= 0.3 is 6.03 Å². The predicted molar refractivity (Wildman–Crippen MR) is 93.9 cm³/mol. The van der Waals surface area contributed by atoms with Crippen LogP contribution in [0.4, 0.5) is 13.6 Å². The molecular weight excluding hydrogens is 378 g/mol. The van der Waals surface area contributed by atoms with Crippen molar-refractivity contribution in [3.05, 3.63) is 57.8 Å². The first-order chi connectivity index (χ1) is 12.8. The molecular formula is C18H18F2N2O4S. The van der Waals surface area contributed by atoms with E-state index in [-0.39, 0.29) is 18.7 Å². The molecule has 2 aromatic rings. The Bertz CT molecular complexity index is 846. The summed E-state index contributed by atoms with van der Waals surface area (Å²) in [5.74, 6) is -2.31. The second kappa shape index (κ2) is 7.71. The molecule has 0 aliphatic carbocycles. The maximum absolute atomic E-state index is 14.1. The van der Waals surface area contributed by atoms with Gasteiger partial charge in [-0.3, -0.25) is 9.69 Å². The minimum absolute atomic E-state index is 0.0833. The summed E-state index contributed by atoms with van der Waals surface area (Å²) in [5, 5.41) is 14.4. The number of urea groups is 1. The molecule has 0 bridgehead atoms. The van der Waals surface area contributed by atoms with Gasteiger partial charge in [0.05, 0.1) is 25.9 Å². The Morgan fingerprint density at radius 2 is 2.11 bits per heavy atom. The highest BCUT2D eigenvalue weighted by Crippen LogP contribution is 2.31. The van der Waals surface area contributed by atoms with E-state index in [0.29, 0.717) is 6.61 Å². The Hall–Kier alpha value is -2.36. The lowest BCUT2D eigenvalue weighted by molar-refractivity contribution is -0.132. The van der Waals surface area contributed by atoms with Gasteiger partial charge in [-0.2, -0.15) is 0 Å². The van der Waals surface area contributed by atoms with Crippen LogP contribution in [0.2, 0.25) is 0 Å². The second-order valence-electron chi connectivity index (χ2n) is 6.34. The van der Waals surface area contributed by atoms with Crippen molar-refractivity contribution in [2.45, 2.75) is 25.2 Å². The van der Waals surface area contributed by atoms with Crippen LogP contribution in [0.25, 0.3) is 0 Å². The average Bonchev–Trinajstić information content (AvgIpc) is 3.20. The van der Waals surface area contributed by atoms with Gasteiger partial charge in [0.2, 0.25) is 0 Å². The molecule has 2 heterocycles. The molecule has 2 N–H and O–H groups in total. The summed E-state index contributed by atoms with van der Waals surface area (Å²) in [6.07, 6.45) is -1.11. The van der Waals surface area contributed by atoms with Crippen molar-refractivity contribution in [3.8, 4) is 0 Å². The molecule has 0 spiro atoms. The number of rotatable bonds is 7. The van der Waals surface area contributed by atoms with Crippen molar-refractivity contribution >= 4 is 23.3 Å². The first-order valence-electron chi connectivity index (χ1n) is 8.19. The summed E-state index contributed by atoms with van der Waals surface area (Å²) in [7, 11) is 0. The SMILES string of the molecule is C[C@@]1(c2cc(F)ccc2F)NC(=O)N(C[C@@H](O)COCc2cccs2)C1=O. The van der Waals surface area contributed by atoms with Gasteiger partial charge in [0.15, 0.2) is 0 Å². The highest BCUT2D eigenvalue weighted by atomic mass is 32.1. The highest BCUT2D eigenvalue weighted by molar-refractivity contribution is 7.09. The summed E-state index contributed by atoms with van der Waals surface area (Å²) in [6, 6.07) is 5.66. The third-order valence-corrected chi connectivity index (χ3v) is 5.12. The number of nitrogens with zero attached hydrogens (tertiary/aromatic N) is 1. The number of aliphatic hydroxyl groups excluding tert-OH is 1. The molecule has 1 fully saturated rings. The number of halogens is 2. The molecule has 1 aromatic heterocycles. The molecule has 144 valence electrons. The number of carbonyl (C=O) groups excluding carboxylic acids is 2. The van der Waals surface area contributed by atoms with Crippen LogP contribution < -0.4 is 5.32 Å². The quantitative estimate of drug-likeness (QED) is 0.705. The third kappa shape index (κ3) is 4.00. The molecule has 1 saturated heterocycles. The number of nitrogens with one attached hydrogen (secondary N) is 1. The smallest absolute Gasteiger partial charge is 0.325 e. The molecule has 0 unspecified atom stereocenters. The van der Waals surface area contributed by atoms with Crippen molar-refractivity contribution in [1.29, 1.82) is 0 Å². The lowest BCUT2D eigenvalue weighted by atomic mass is 9.91. The zero-order valence-electron chi connectivity index (χ0n) is 14.4. The summed E-state index contributed by atoms with van der Waals surface area (Å²) >= 11 is 1.51. The predicted octanol–water partition coefficient (Wildman–Crippen LogP) is 2.37. The normalized spacial score (nSPS) is 20.8. The first-order valence-corrected chi connectivity index (χ1v) is 9.07. The molecule has 2 atom stereocenters. The molecule has 3 rings (SSSR count). The molecule has 1 aliphatic rings. The summed E-state index contributed by atoms with van der Waals surface area (Å²) < 4.78 is 33.0. The Morgan fingerprint density at radius 3 is 2.81 bits per heavy atom. The van der Waals surface area contributed by atoms with Gasteiger partial charge in [0, 0.05) is 10.4 Å². The number of imide groups is 1. The van der Waals surface area contributed by atoms with Crippen LogP contribution in [0.1, 0.15) is 17.4 Å². The van der Waals surface area contributed by atoms with Crippen molar-refractivity contribution in [2.24, 2.45) is 0 Å². The third-order valence-electron chi connectivity index (χ3n) is 4.27. The van der Waals surface area contributed by atoms with Gasteiger partial charge in [-0.05, 0) is 36.6 Å². The Morgan fingerprint density at radius 1 is 1.33 bits per heavy atom. The van der Waals surface area contributed by atoms with E-state index < -0.39 is 35.2 Å². The van der Waals surface area contributed by atoms with E-state index >= 15 is 0 Å². The van der Waals surface area contributed by atoms with Crippen LogP contribution in [0.5, 0.6) is 0 Å². The van der Waals surface area contributed by atoms with Gasteiger partial charge in [0.1, 0.15) is 17.2 Å². The molecule has 0 radical (unpaired) electrons. The zero-order chi connectivity index (χ0) is 19.6. The summed E-state index contributed by atoms with van der Waals surface area (Å²) in [4.78, 5) is 26.7. The topological polar surface area (TPSA) is 78.9 Å². The van der Waals surface area contributed by atoms with Gasteiger partial charge in [0.25, 0.3) is 5.91 Å². The molecule has 27 heavy (non-hydrogen) atoms. The fourth-order valence-corrected chi connectivity index (χ4v) is 3.52. The molecule has 1 aromatic carbocycles. The fourth-order valence-electron chi connectivity index (χ4n) is 2.88. The van der Waals surface area contributed by atoms with Gasteiger partial charge in [-0.1, -0.05) is 6.07 Å². The number of aliphatic hydroxyl groups is 1. The number of thiophene rings is 1. The van der Waals surface area contributed by atoms with E-state index in [9.17, 15) is 23.5 Å². The first kappa shape index (κ1) is 19.4. The van der Waals surface area contributed by atoms with Crippen molar-refractivity contribution in [1.82, 2.24) is 10.2 Å². The van der Waals surface area contributed by atoms with E-state index in [4.69, 9.17) is 4.74 Å². The van der Waals surface area contributed by atoms with Crippen LogP contribution >= 0.6 is 11.3 Å². The number of amides is 3. The summed E-state index contributed by atoms with van der Waals surface area (Å²) in [6.45, 7) is 1.20. The average molecular weight is 396 g/mol. The standard InChI is InChI=1S/C18H18F2N2O4S/c1-18(14-7-11(19)4-5-15(14)20)16(24)22(17(25)21-18)8-12(23)9-26-10-13-3-2-6-27-13/h2-7,12,23H,8-10H2,1H3,(H,21,25)/t12-,18+/m1/s1. The number of ether oxygens (including phenoxy) is 1. The molecule has 3 amide bonds. The van der Waals surface area contributed by atoms with Crippen molar-refractivity contribution in [3.63, 3.8) is 0 Å².